The molecule has 0 unspecified atom stereocenters. The predicted molar refractivity (Wildman–Crippen MR) is 74.8 cm³/mol. The van der Waals surface area contributed by atoms with E-state index in [0.717, 1.165) is 0 Å². The molecule has 0 heterocycles. The number of allylic oxidation sites excluding steroid dienone is 1. The van der Waals surface area contributed by atoms with Crippen molar-refractivity contribution >= 4 is 17.8 Å². The topological polar surface area (TPSA) is 74.6 Å². The Morgan fingerprint density at radius 2 is 1.35 bits per heavy atom. The van der Waals surface area contributed by atoms with Crippen molar-refractivity contribution in [1.82, 2.24) is 0 Å². The van der Waals surface area contributed by atoms with Crippen LogP contribution in [-0.4, -0.2) is 22.0 Å². The van der Waals surface area contributed by atoms with Crippen molar-refractivity contribution in [3.05, 3.63) is 77.0 Å². The maximum absolute atomic E-state index is 12.1. The number of aliphatic hydroxyl groups excluding tert-OH is 1. The van der Waals surface area contributed by atoms with Gasteiger partial charge in [-0.3, -0.25) is 4.79 Å². The molecule has 4 heteroatoms. The molecule has 0 saturated carbocycles. The molecule has 0 aliphatic heterocycles. The van der Waals surface area contributed by atoms with Gasteiger partial charge in [-0.25, -0.2) is 4.79 Å². The molecule has 0 radical (unpaired) electrons. The first-order valence-corrected chi connectivity index (χ1v) is 5.92. The van der Waals surface area contributed by atoms with Gasteiger partial charge in [0.25, 0.3) is 0 Å². The van der Waals surface area contributed by atoms with Gasteiger partial charge < -0.3 is 10.2 Å². The molecule has 0 atom stereocenters. The second kappa shape index (κ2) is 5.84. The summed E-state index contributed by atoms with van der Waals surface area (Å²) in [4.78, 5) is 23.1. The highest BCUT2D eigenvalue weighted by Crippen LogP contribution is 2.15. The van der Waals surface area contributed by atoms with E-state index >= 15 is 0 Å². The lowest BCUT2D eigenvalue weighted by Crippen LogP contribution is -2.10. The van der Waals surface area contributed by atoms with E-state index in [0.29, 0.717) is 5.56 Å². The zero-order valence-electron chi connectivity index (χ0n) is 10.5. The van der Waals surface area contributed by atoms with Crippen LogP contribution in [0.1, 0.15) is 26.3 Å². The van der Waals surface area contributed by atoms with Crippen LogP contribution in [0.5, 0.6) is 0 Å². The van der Waals surface area contributed by atoms with Crippen LogP contribution in [0, 0.1) is 0 Å². The molecule has 0 saturated heterocycles. The van der Waals surface area contributed by atoms with Crippen molar-refractivity contribution in [3.63, 3.8) is 0 Å². The van der Waals surface area contributed by atoms with Gasteiger partial charge in [-0.1, -0.05) is 48.5 Å². The fourth-order valence-corrected chi connectivity index (χ4v) is 1.78. The molecule has 20 heavy (non-hydrogen) atoms. The van der Waals surface area contributed by atoms with Gasteiger partial charge in [0.1, 0.15) is 0 Å². The lowest BCUT2D eigenvalue weighted by molar-refractivity contribution is 0.0692. The molecule has 2 N–H and O–H groups in total. The number of carboxylic acid groups (broad SMARTS) is 1. The molecule has 0 aromatic heterocycles. The molecule has 0 bridgehead atoms. The van der Waals surface area contributed by atoms with Crippen LogP contribution in [0.2, 0.25) is 0 Å². The standard InChI is InChI=1S/C16H12O4/c17-14(10-11-6-2-1-3-7-11)15(18)12-8-4-5-9-13(12)16(19)20/h1-10,17H,(H,19,20)/b14-10-. The normalized spacial score (nSPS) is 11.1. The van der Waals surface area contributed by atoms with Crippen LogP contribution in [0.15, 0.2) is 60.4 Å². The number of hydrogen-bond donors (Lipinski definition) is 2. The van der Waals surface area contributed by atoms with Gasteiger partial charge >= 0.3 is 5.97 Å². The Balaban J connectivity index is 2.37. The molecule has 100 valence electrons. The highest BCUT2D eigenvalue weighted by Gasteiger charge is 2.18. The van der Waals surface area contributed by atoms with Crippen LogP contribution in [0.3, 0.4) is 0 Å². The number of carboxylic acids is 1. The summed E-state index contributed by atoms with van der Waals surface area (Å²) in [6.07, 6.45) is 1.31. The fraction of sp³-hybridized carbons (Fsp3) is 0. The van der Waals surface area contributed by atoms with Crippen LogP contribution >= 0.6 is 0 Å². The third kappa shape index (κ3) is 2.92. The summed E-state index contributed by atoms with van der Waals surface area (Å²) in [6, 6.07) is 14.6. The van der Waals surface area contributed by atoms with Crippen molar-refractivity contribution in [1.29, 1.82) is 0 Å². The van der Waals surface area contributed by atoms with E-state index in [9.17, 15) is 14.7 Å². The minimum Gasteiger partial charge on any atom is -0.504 e. The monoisotopic (exact) mass is 268 g/mol. The first-order valence-electron chi connectivity index (χ1n) is 5.92. The van der Waals surface area contributed by atoms with Gasteiger partial charge in [0.05, 0.1) is 5.56 Å². The van der Waals surface area contributed by atoms with Gasteiger partial charge in [0, 0.05) is 5.56 Å². The van der Waals surface area contributed by atoms with E-state index in [-0.39, 0.29) is 11.1 Å². The van der Waals surface area contributed by atoms with Gasteiger partial charge in [0.2, 0.25) is 5.78 Å². The lowest BCUT2D eigenvalue weighted by atomic mass is 10.0. The number of aromatic carboxylic acids is 1. The second-order valence-electron chi connectivity index (χ2n) is 4.12. The Hall–Kier alpha value is -2.88. The van der Waals surface area contributed by atoms with Crippen molar-refractivity contribution < 1.29 is 19.8 Å². The molecule has 2 aromatic carbocycles. The minimum atomic E-state index is -1.21. The second-order valence-corrected chi connectivity index (χ2v) is 4.12. The van der Waals surface area contributed by atoms with Gasteiger partial charge in [-0.05, 0) is 17.7 Å². The minimum absolute atomic E-state index is 0.0373. The SMILES string of the molecule is O=C(O)c1ccccc1C(=O)/C(O)=C/c1ccccc1. The van der Waals surface area contributed by atoms with E-state index in [1.54, 1.807) is 30.3 Å². The van der Waals surface area contributed by atoms with Crippen LogP contribution in [0.25, 0.3) is 6.08 Å². The number of Topliss-reactive ketones (excluding diaryl/α,β-unsaturated/α-hetero) is 1. The summed E-state index contributed by atoms with van der Waals surface area (Å²) in [7, 11) is 0. The molecule has 0 aliphatic carbocycles. The smallest absolute Gasteiger partial charge is 0.336 e. The van der Waals surface area contributed by atoms with E-state index in [1.807, 2.05) is 6.07 Å². The Morgan fingerprint density at radius 3 is 1.95 bits per heavy atom. The average Bonchev–Trinajstić information content (AvgIpc) is 2.47. The van der Waals surface area contributed by atoms with Crippen LogP contribution < -0.4 is 0 Å². The summed E-state index contributed by atoms with van der Waals surface area (Å²) < 4.78 is 0. The van der Waals surface area contributed by atoms with E-state index in [1.165, 1.54) is 24.3 Å². The molecule has 4 nitrogen and oxygen atoms in total. The number of carbonyl (C=O) groups is 2. The molecular formula is C16H12O4. The maximum Gasteiger partial charge on any atom is 0.336 e. The largest absolute Gasteiger partial charge is 0.504 e. The molecule has 0 amide bonds. The first-order chi connectivity index (χ1) is 9.59. The number of hydrogen-bond acceptors (Lipinski definition) is 3. The summed E-state index contributed by atoms with van der Waals surface area (Å²) in [5.41, 5.74) is 0.487. The molecule has 2 rings (SSSR count). The highest BCUT2D eigenvalue weighted by atomic mass is 16.4. The number of ketones is 1. The van der Waals surface area contributed by atoms with Gasteiger partial charge in [0.15, 0.2) is 5.76 Å². The van der Waals surface area contributed by atoms with E-state index < -0.39 is 17.5 Å². The zero-order chi connectivity index (χ0) is 14.5. The fourth-order valence-electron chi connectivity index (χ4n) is 1.78. The number of carbonyl (C=O) groups excluding carboxylic acids is 1. The summed E-state index contributed by atoms with van der Waals surface area (Å²) in [5.74, 6) is -2.42. The van der Waals surface area contributed by atoms with Crippen LogP contribution in [-0.2, 0) is 0 Å². The lowest BCUT2D eigenvalue weighted by Gasteiger charge is -2.04. The zero-order valence-corrected chi connectivity index (χ0v) is 10.5. The summed E-state index contributed by atoms with van der Waals surface area (Å²) in [6.45, 7) is 0. The summed E-state index contributed by atoms with van der Waals surface area (Å²) >= 11 is 0. The third-order valence-electron chi connectivity index (χ3n) is 2.74. The van der Waals surface area contributed by atoms with Crippen LogP contribution in [0.4, 0.5) is 0 Å². The average molecular weight is 268 g/mol. The van der Waals surface area contributed by atoms with E-state index in [4.69, 9.17) is 5.11 Å². The third-order valence-corrected chi connectivity index (χ3v) is 2.74. The Labute approximate surface area is 115 Å². The Morgan fingerprint density at radius 1 is 0.800 bits per heavy atom. The van der Waals surface area contributed by atoms with Crippen molar-refractivity contribution in [2.45, 2.75) is 0 Å². The molecule has 2 aromatic rings. The predicted octanol–water partition coefficient (Wildman–Crippen LogP) is 3.17. The van der Waals surface area contributed by atoms with Crippen molar-refractivity contribution in [2.24, 2.45) is 0 Å². The van der Waals surface area contributed by atoms with Gasteiger partial charge in [-0.2, -0.15) is 0 Å². The quantitative estimate of drug-likeness (QED) is 0.507. The highest BCUT2D eigenvalue weighted by molar-refractivity contribution is 6.14. The van der Waals surface area contributed by atoms with Crippen molar-refractivity contribution in [3.8, 4) is 0 Å². The Bertz CT molecular complexity index is 672. The molecular weight excluding hydrogens is 256 g/mol. The van der Waals surface area contributed by atoms with E-state index in [2.05, 4.69) is 0 Å². The number of aliphatic hydroxyl groups is 1. The molecule has 0 aliphatic rings. The number of benzene rings is 2. The maximum atomic E-state index is 12.1. The Kier molecular flexibility index (Phi) is 3.96. The van der Waals surface area contributed by atoms with Gasteiger partial charge in [-0.15, -0.1) is 0 Å². The molecule has 0 fully saturated rings. The van der Waals surface area contributed by atoms with Crippen molar-refractivity contribution in [2.75, 3.05) is 0 Å². The molecule has 0 spiro atoms. The summed E-state index contributed by atoms with van der Waals surface area (Å²) in [5, 5.41) is 18.9. The first kappa shape index (κ1) is 13.5. The number of rotatable bonds is 4.